The predicted molar refractivity (Wildman–Crippen MR) is 53.3 cm³/mol. The fraction of sp³-hybridized carbons (Fsp3) is 0.250. The highest BCUT2D eigenvalue weighted by atomic mass is 16.1. The predicted octanol–water partition coefficient (Wildman–Crippen LogP) is 2.72. The van der Waals surface area contributed by atoms with E-state index >= 15 is 0 Å². The minimum absolute atomic E-state index is 0.216. The number of hydrogen-bond acceptors (Lipinski definition) is 1. The molecule has 13 heavy (non-hydrogen) atoms. The van der Waals surface area contributed by atoms with Crippen LogP contribution in [-0.2, 0) is 4.79 Å². The van der Waals surface area contributed by atoms with Gasteiger partial charge in [0, 0.05) is 6.42 Å². The highest BCUT2D eigenvalue weighted by Crippen LogP contribution is 2.24. The van der Waals surface area contributed by atoms with Crippen LogP contribution >= 0.6 is 0 Å². The summed E-state index contributed by atoms with van der Waals surface area (Å²) in [7, 11) is 0. The van der Waals surface area contributed by atoms with Crippen LogP contribution in [0.1, 0.15) is 19.3 Å². The van der Waals surface area contributed by atoms with Gasteiger partial charge in [-0.3, -0.25) is 4.79 Å². The molecule has 0 atom stereocenters. The molecule has 1 heteroatoms. The second-order valence-electron chi connectivity index (χ2n) is 3.35. The van der Waals surface area contributed by atoms with Crippen molar-refractivity contribution in [3.8, 4) is 0 Å². The first-order valence-electron chi connectivity index (χ1n) is 4.62. The van der Waals surface area contributed by atoms with Gasteiger partial charge in [-0.05, 0) is 30.1 Å². The molecule has 0 unspecified atom stereocenters. The molecule has 0 aromatic rings. The third kappa shape index (κ3) is 1.86. The van der Waals surface area contributed by atoms with E-state index in [1.54, 1.807) is 6.08 Å². The Hall–Kier alpha value is -1.37. The molecule has 2 aliphatic carbocycles. The van der Waals surface area contributed by atoms with Crippen molar-refractivity contribution in [3.63, 3.8) is 0 Å². The highest BCUT2D eigenvalue weighted by Gasteiger charge is 2.11. The summed E-state index contributed by atoms with van der Waals surface area (Å²) in [6, 6.07) is 0. The maximum atomic E-state index is 11.1. The smallest absolute Gasteiger partial charge is 0.160 e. The van der Waals surface area contributed by atoms with Gasteiger partial charge in [-0.25, -0.2) is 0 Å². The van der Waals surface area contributed by atoms with Gasteiger partial charge in [-0.15, -0.1) is 0 Å². The lowest BCUT2D eigenvalue weighted by atomic mass is 9.91. The van der Waals surface area contributed by atoms with Crippen molar-refractivity contribution in [2.45, 2.75) is 19.3 Å². The summed E-state index contributed by atoms with van der Waals surface area (Å²) >= 11 is 0. The molecule has 1 nitrogen and oxygen atoms in total. The summed E-state index contributed by atoms with van der Waals surface area (Å²) in [4.78, 5) is 11.1. The van der Waals surface area contributed by atoms with Crippen molar-refractivity contribution in [2.24, 2.45) is 0 Å². The fourth-order valence-electron chi connectivity index (χ4n) is 1.67. The molecule has 0 heterocycles. The van der Waals surface area contributed by atoms with Crippen LogP contribution in [0.4, 0.5) is 0 Å². The molecule has 0 bridgehead atoms. The van der Waals surface area contributed by atoms with Crippen molar-refractivity contribution in [3.05, 3.63) is 47.6 Å². The Bertz CT molecular complexity index is 340. The van der Waals surface area contributed by atoms with Crippen LogP contribution in [0.25, 0.3) is 0 Å². The molecule has 0 aromatic carbocycles. The van der Waals surface area contributed by atoms with Crippen LogP contribution in [0.15, 0.2) is 47.6 Å². The fourth-order valence-corrected chi connectivity index (χ4v) is 1.67. The Morgan fingerprint density at radius 3 is 2.62 bits per heavy atom. The van der Waals surface area contributed by atoms with Crippen molar-refractivity contribution < 1.29 is 4.79 Å². The molecule has 0 saturated heterocycles. The van der Waals surface area contributed by atoms with Crippen molar-refractivity contribution >= 4 is 5.78 Å². The van der Waals surface area contributed by atoms with E-state index in [1.807, 2.05) is 12.2 Å². The maximum absolute atomic E-state index is 11.1. The number of hydrogen-bond donors (Lipinski definition) is 0. The van der Waals surface area contributed by atoms with E-state index < -0.39 is 0 Å². The Morgan fingerprint density at radius 1 is 1.08 bits per heavy atom. The molecule has 0 aromatic heterocycles. The molecule has 0 spiro atoms. The number of carbonyl (C=O) groups excluding carboxylic acids is 1. The number of ketones is 1. The molecule has 2 aliphatic rings. The normalized spacial score (nSPS) is 21.4. The van der Waals surface area contributed by atoms with E-state index in [1.165, 1.54) is 11.1 Å². The van der Waals surface area contributed by atoms with Gasteiger partial charge in [0.05, 0.1) is 0 Å². The zero-order chi connectivity index (χ0) is 9.10. The maximum Gasteiger partial charge on any atom is 0.160 e. The minimum atomic E-state index is 0.216. The van der Waals surface area contributed by atoms with Crippen LogP contribution < -0.4 is 0 Å². The summed E-state index contributed by atoms with van der Waals surface area (Å²) in [5, 5.41) is 0. The van der Waals surface area contributed by atoms with E-state index in [0.29, 0.717) is 6.42 Å². The monoisotopic (exact) mass is 172 g/mol. The summed E-state index contributed by atoms with van der Waals surface area (Å²) in [6.45, 7) is 0. The first kappa shape index (κ1) is 8.24. The quantitative estimate of drug-likeness (QED) is 0.594. The average Bonchev–Trinajstić information content (AvgIpc) is 2.19. The molecule has 0 amide bonds. The average molecular weight is 172 g/mol. The number of allylic oxidation sites excluding steroid dienone is 8. The van der Waals surface area contributed by atoms with Crippen LogP contribution in [0.5, 0.6) is 0 Å². The summed E-state index contributed by atoms with van der Waals surface area (Å²) < 4.78 is 0. The van der Waals surface area contributed by atoms with Gasteiger partial charge in [0.2, 0.25) is 0 Å². The van der Waals surface area contributed by atoms with E-state index in [4.69, 9.17) is 0 Å². The zero-order valence-electron chi connectivity index (χ0n) is 7.49. The van der Waals surface area contributed by atoms with Crippen LogP contribution in [0, 0.1) is 0 Å². The Morgan fingerprint density at radius 2 is 1.92 bits per heavy atom. The van der Waals surface area contributed by atoms with Gasteiger partial charge >= 0.3 is 0 Å². The Labute approximate surface area is 78.1 Å². The zero-order valence-corrected chi connectivity index (χ0v) is 7.49. The number of carbonyl (C=O) groups is 1. The number of rotatable bonds is 1. The Balaban J connectivity index is 2.21. The van der Waals surface area contributed by atoms with Gasteiger partial charge in [0.25, 0.3) is 0 Å². The van der Waals surface area contributed by atoms with E-state index in [2.05, 4.69) is 18.2 Å². The van der Waals surface area contributed by atoms with Crippen LogP contribution in [0.3, 0.4) is 0 Å². The van der Waals surface area contributed by atoms with Gasteiger partial charge in [0.1, 0.15) is 0 Å². The summed E-state index contributed by atoms with van der Waals surface area (Å²) in [5.41, 5.74) is 2.51. The lowest BCUT2D eigenvalue weighted by molar-refractivity contribution is -0.114. The SMILES string of the molecule is O=C1C=CC=C(C2=CC=CCC2)C1. The third-order valence-electron chi connectivity index (χ3n) is 2.37. The van der Waals surface area contributed by atoms with Gasteiger partial charge in [-0.1, -0.05) is 30.4 Å². The summed E-state index contributed by atoms with van der Waals surface area (Å²) in [6.07, 6.45) is 14.6. The van der Waals surface area contributed by atoms with Crippen molar-refractivity contribution in [2.75, 3.05) is 0 Å². The van der Waals surface area contributed by atoms with E-state index in [-0.39, 0.29) is 5.78 Å². The molecule has 2 rings (SSSR count). The largest absolute Gasteiger partial charge is 0.294 e. The second-order valence-corrected chi connectivity index (χ2v) is 3.35. The van der Waals surface area contributed by atoms with Gasteiger partial charge < -0.3 is 0 Å². The topological polar surface area (TPSA) is 17.1 Å². The lowest BCUT2D eigenvalue weighted by Gasteiger charge is -2.13. The summed E-state index contributed by atoms with van der Waals surface area (Å²) in [5.74, 6) is 0.216. The first-order chi connectivity index (χ1) is 6.36. The van der Waals surface area contributed by atoms with E-state index in [9.17, 15) is 4.79 Å². The third-order valence-corrected chi connectivity index (χ3v) is 2.37. The molecular weight excluding hydrogens is 160 g/mol. The lowest BCUT2D eigenvalue weighted by Crippen LogP contribution is -2.02. The molecule has 0 N–H and O–H groups in total. The molecule has 0 fully saturated rings. The molecule has 0 radical (unpaired) electrons. The van der Waals surface area contributed by atoms with Gasteiger partial charge in [-0.2, -0.15) is 0 Å². The molecule has 0 aliphatic heterocycles. The minimum Gasteiger partial charge on any atom is -0.294 e. The van der Waals surface area contributed by atoms with Crippen LogP contribution in [0.2, 0.25) is 0 Å². The highest BCUT2D eigenvalue weighted by molar-refractivity contribution is 5.93. The standard InChI is InChI=1S/C12H12O/c13-12-8-4-7-11(9-12)10-5-2-1-3-6-10/h1-2,4-5,7-8H,3,6,9H2. The van der Waals surface area contributed by atoms with E-state index in [0.717, 1.165) is 12.8 Å². The second kappa shape index (κ2) is 3.56. The molecular formula is C12H12O. The Kier molecular flexibility index (Phi) is 2.26. The van der Waals surface area contributed by atoms with Crippen molar-refractivity contribution in [1.29, 1.82) is 0 Å². The molecule has 66 valence electrons. The van der Waals surface area contributed by atoms with Crippen LogP contribution in [-0.4, -0.2) is 5.78 Å². The molecule has 0 saturated carbocycles. The van der Waals surface area contributed by atoms with Crippen molar-refractivity contribution in [1.82, 2.24) is 0 Å². The van der Waals surface area contributed by atoms with Gasteiger partial charge in [0.15, 0.2) is 5.78 Å². The first-order valence-corrected chi connectivity index (χ1v) is 4.62.